The average molecular weight is 298 g/mol. The van der Waals surface area contributed by atoms with E-state index in [0.717, 1.165) is 43.3 Å². The number of hydrogen-bond acceptors (Lipinski definition) is 4. The van der Waals surface area contributed by atoms with Crippen LogP contribution in [0.4, 0.5) is 5.82 Å². The van der Waals surface area contributed by atoms with Gasteiger partial charge in [-0.2, -0.15) is 0 Å². The molecule has 1 aromatic rings. The van der Waals surface area contributed by atoms with E-state index < -0.39 is 0 Å². The van der Waals surface area contributed by atoms with Gasteiger partial charge in [-0.05, 0) is 13.3 Å². The predicted octanol–water partition coefficient (Wildman–Crippen LogP) is 3.21. The molecule has 20 heavy (non-hydrogen) atoms. The van der Waals surface area contributed by atoms with Crippen molar-refractivity contribution in [2.45, 2.75) is 39.5 Å². The molecule has 1 fully saturated rings. The number of halogens is 1. The van der Waals surface area contributed by atoms with Crippen LogP contribution in [0, 0.1) is 12.8 Å². The molecular weight excluding hydrogens is 274 g/mol. The van der Waals surface area contributed by atoms with Gasteiger partial charge in [-0.1, -0.05) is 32.4 Å². The highest BCUT2D eigenvalue weighted by atomic mass is 35.5. The summed E-state index contributed by atoms with van der Waals surface area (Å²) in [5, 5.41) is 0.565. The van der Waals surface area contributed by atoms with Crippen molar-refractivity contribution in [2.75, 3.05) is 31.7 Å². The van der Waals surface area contributed by atoms with Crippen molar-refractivity contribution in [3.63, 3.8) is 0 Å². The molecule has 1 aromatic heterocycles. The van der Waals surface area contributed by atoms with E-state index in [9.17, 15) is 0 Å². The van der Waals surface area contributed by atoms with Crippen LogP contribution in [-0.4, -0.2) is 36.8 Å². The number of methoxy groups -OCH3 is 1. The van der Waals surface area contributed by atoms with E-state index in [4.69, 9.17) is 21.3 Å². The summed E-state index contributed by atoms with van der Waals surface area (Å²) in [5.41, 5.74) is 0.871. The first-order chi connectivity index (χ1) is 9.32. The molecule has 0 amide bonds. The summed E-state index contributed by atoms with van der Waals surface area (Å²) in [6, 6.07) is 0. The SMILES string of the molecule is COCC1CCN(c2nc(C(C)(C)C)nc(Cl)c2C)C1. The number of aromatic nitrogens is 2. The fraction of sp³-hybridized carbons (Fsp3) is 0.733. The van der Waals surface area contributed by atoms with Crippen LogP contribution in [0.15, 0.2) is 0 Å². The summed E-state index contributed by atoms with van der Waals surface area (Å²) in [5.74, 6) is 2.36. The van der Waals surface area contributed by atoms with Crippen molar-refractivity contribution in [1.82, 2.24) is 9.97 Å². The molecule has 0 saturated carbocycles. The van der Waals surface area contributed by atoms with Gasteiger partial charge in [0.1, 0.15) is 16.8 Å². The second-order valence-electron chi connectivity index (χ2n) is 6.59. The lowest BCUT2D eigenvalue weighted by Gasteiger charge is -2.24. The molecule has 0 radical (unpaired) electrons. The summed E-state index contributed by atoms with van der Waals surface area (Å²) >= 11 is 6.30. The van der Waals surface area contributed by atoms with E-state index in [2.05, 4.69) is 30.7 Å². The van der Waals surface area contributed by atoms with E-state index in [-0.39, 0.29) is 5.41 Å². The zero-order chi connectivity index (χ0) is 14.9. The lowest BCUT2D eigenvalue weighted by molar-refractivity contribution is 0.161. The molecular formula is C15H24ClN3O. The molecule has 1 aliphatic heterocycles. The highest BCUT2D eigenvalue weighted by Crippen LogP contribution is 2.31. The van der Waals surface area contributed by atoms with Crippen molar-refractivity contribution in [3.05, 3.63) is 16.5 Å². The van der Waals surface area contributed by atoms with Crippen molar-refractivity contribution in [1.29, 1.82) is 0 Å². The minimum absolute atomic E-state index is 0.0995. The molecule has 0 bridgehead atoms. The second-order valence-corrected chi connectivity index (χ2v) is 6.95. The van der Waals surface area contributed by atoms with E-state index in [1.807, 2.05) is 6.92 Å². The van der Waals surface area contributed by atoms with Crippen LogP contribution in [-0.2, 0) is 10.2 Å². The minimum Gasteiger partial charge on any atom is -0.384 e. The quantitative estimate of drug-likeness (QED) is 0.803. The lowest BCUT2D eigenvalue weighted by atomic mass is 9.95. The largest absolute Gasteiger partial charge is 0.384 e. The van der Waals surface area contributed by atoms with E-state index in [1.165, 1.54) is 0 Å². The van der Waals surface area contributed by atoms with Gasteiger partial charge in [0.2, 0.25) is 0 Å². The smallest absolute Gasteiger partial charge is 0.137 e. The first-order valence-electron chi connectivity index (χ1n) is 7.11. The number of rotatable bonds is 3. The van der Waals surface area contributed by atoms with Gasteiger partial charge in [0.15, 0.2) is 0 Å². The highest BCUT2D eigenvalue weighted by Gasteiger charge is 2.27. The van der Waals surface area contributed by atoms with Crippen molar-refractivity contribution < 1.29 is 4.74 Å². The second kappa shape index (κ2) is 5.86. The van der Waals surface area contributed by atoms with Crippen LogP contribution >= 0.6 is 11.6 Å². The molecule has 1 aliphatic rings. The van der Waals surface area contributed by atoms with E-state index in [0.29, 0.717) is 11.1 Å². The van der Waals surface area contributed by atoms with Gasteiger partial charge in [0, 0.05) is 37.1 Å². The van der Waals surface area contributed by atoms with Crippen LogP contribution in [0.5, 0.6) is 0 Å². The maximum Gasteiger partial charge on any atom is 0.137 e. The number of anilines is 1. The Bertz CT molecular complexity index is 485. The molecule has 0 aliphatic carbocycles. The lowest BCUT2D eigenvalue weighted by Crippen LogP contribution is -2.26. The van der Waals surface area contributed by atoms with E-state index in [1.54, 1.807) is 7.11 Å². The first kappa shape index (κ1) is 15.5. The van der Waals surface area contributed by atoms with Gasteiger partial charge in [-0.15, -0.1) is 0 Å². The summed E-state index contributed by atoms with van der Waals surface area (Å²) in [6.07, 6.45) is 1.14. The first-order valence-corrected chi connectivity index (χ1v) is 7.49. The van der Waals surface area contributed by atoms with Gasteiger partial charge in [0.05, 0.1) is 6.61 Å². The Morgan fingerprint density at radius 1 is 1.35 bits per heavy atom. The van der Waals surface area contributed by atoms with Gasteiger partial charge < -0.3 is 9.64 Å². The summed E-state index contributed by atoms with van der Waals surface area (Å²) in [4.78, 5) is 11.5. The molecule has 0 N–H and O–H groups in total. The van der Waals surface area contributed by atoms with Crippen LogP contribution in [0.3, 0.4) is 0 Å². The fourth-order valence-electron chi connectivity index (χ4n) is 2.52. The third-order valence-corrected chi connectivity index (χ3v) is 4.09. The zero-order valence-corrected chi connectivity index (χ0v) is 13.8. The van der Waals surface area contributed by atoms with Crippen molar-refractivity contribution >= 4 is 17.4 Å². The molecule has 0 aromatic carbocycles. The Balaban J connectivity index is 2.30. The Hall–Kier alpha value is -0.870. The molecule has 1 saturated heterocycles. The van der Waals surface area contributed by atoms with Crippen molar-refractivity contribution in [2.24, 2.45) is 5.92 Å². The molecule has 1 unspecified atom stereocenters. The van der Waals surface area contributed by atoms with Crippen LogP contribution in [0.1, 0.15) is 38.6 Å². The maximum absolute atomic E-state index is 6.30. The molecule has 0 spiro atoms. The van der Waals surface area contributed by atoms with Crippen LogP contribution in [0.2, 0.25) is 5.15 Å². The summed E-state index contributed by atoms with van der Waals surface area (Å²) < 4.78 is 5.26. The normalized spacial score (nSPS) is 19.7. The molecule has 2 heterocycles. The molecule has 112 valence electrons. The summed E-state index contributed by atoms with van der Waals surface area (Å²) in [6.45, 7) is 11.1. The zero-order valence-electron chi connectivity index (χ0n) is 13.0. The minimum atomic E-state index is -0.0995. The number of nitrogens with zero attached hydrogens (tertiary/aromatic N) is 3. The molecule has 4 nitrogen and oxygen atoms in total. The van der Waals surface area contributed by atoms with Gasteiger partial charge in [0.25, 0.3) is 0 Å². The number of ether oxygens (including phenoxy) is 1. The maximum atomic E-state index is 6.30. The van der Waals surface area contributed by atoms with Crippen LogP contribution < -0.4 is 4.90 Å². The fourth-order valence-corrected chi connectivity index (χ4v) is 2.68. The Kier molecular flexibility index (Phi) is 4.55. The van der Waals surface area contributed by atoms with Crippen LogP contribution in [0.25, 0.3) is 0 Å². The number of hydrogen-bond donors (Lipinski definition) is 0. The Labute approximate surface area is 126 Å². The van der Waals surface area contributed by atoms with E-state index >= 15 is 0 Å². The Morgan fingerprint density at radius 3 is 2.65 bits per heavy atom. The third kappa shape index (κ3) is 3.23. The molecule has 5 heteroatoms. The van der Waals surface area contributed by atoms with Crippen molar-refractivity contribution in [3.8, 4) is 0 Å². The standard InChI is InChI=1S/C15H24ClN3O/c1-10-12(16)17-14(15(2,3)4)18-13(10)19-7-6-11(8-19)9-20-5/h11H,6-9H2,1-5H3. The molecule has 2 rings (SSSR count). The van der Waals surface area contributed by atoms with Gasteiger partial charge in [-0.3, -0.25) is 0 Å². The average Bonchev–Trinajstić information content (AvgIpc) is 2.80. The van der Waals surface area contributed by atoms with Gasteiger partial charge >= 0.3 is 0 Å². The topological polar surface area (TPSA) is 38.2 Å². The summed E-state index contributed by atoms with van der Waals surface area (Å²) in [7, 11) is 1.76. The third-order valence-electron chi connectivity index (χ3n) is 3.72. The monoisotopic (exact) mass is 297 g/mol. The highest BCUT2D eigenvalue weighted by molar-refractivity contribution is 6.30. The molecule has 1 atom stereocenters. The Morgan fingerprint density at radius 2 is 2.05 bits per heavy atom. The predicted molar refractivity (Wildman–Crippen MR) is 82.7 cm³/mol. The van der Waals surface area contributed by atoms with Gasteiger partial charge in [-0.25, -0.2) is 9.97 Å².